The third kappa shape index (κ3) is 3.88. The lowest BCUT2D eigenvalue weighted by Gasteiger charge is -2.20. The van der Waals surface area contributed by atoms with E-state index in [1.165, 1.54) is 6.33 Å². The molecule has 0 radical (unpaired) electrons. The number of ether oxygens (including phenoxy) is 1. The third-order valence-electron chi connectivity index (χ3n) is 3.56. The van der Waals surface area contributed by atoms with Crippen molar-refractivity contribution in [2.24, 2.45) is 0 Å². The number of nitrogens with zero attached hydrogens (tertiary/aromatic N) is 3. The Bertz CT molecular complexity index is 809. The fourth-order valence-corrected chi connectivity index (χ4v) is 3.12. The van der Waals surface area contributed by atoms with Crippen molar-refractivity contribution in [3.63, 3.8) is 0 Å². The monoisotopic (exact) mass is 455 g/mol. The molecule has 2 aromatic carbocycles. The van der Waals surface area contributed by atoms with Crippen molar-refractivity contribution in [2.45, 2.75) is 17.1 Å². The van der Waals surface area contributed by atoms with E-state index in [9.17, 15) is 5.11 Å². The molecule has 1 heterocycles. The minimum Gasteiger partial charge on any atom is -0.457 e. The van der Waals surface area contributed by atoms with E-state index in [0.29, 0.717) is 16.5 Å². The number of rotatable bonds is 5. The van der Waals surface area contributed by atoms with Crippen LogP contribution < -0.4 is 4.74 Å². The van der Waals surface area contributed by atoms with E-state index < -0.39 is 6.10 Å². The summed E-state index contributed by atoms with van der Waals surface area (Å²) in [6.07, 6.45) is 2.35. The van der Waals surface area contributed by atoms with Crippen molar-refractivity contribution >= 4 is 34.2 Å². The SMILES string of the molecule is Cc1cc(Oc2ccc(Cl)cc2)ccc1C(O)C(I)n1cncn1. The van der Waals surface area contributed by atoms with E-state index in [1.807, 2.05) is 37.3 Å². The summed E-state index contributed by atoms with van der Waals surface area (Å²) < 4.78 is 7.20. The predicted molar refractivity (Wildman–Crippen MR) is 101 cm³/mol. The maximum atomic E-state index is 10.6. The summed E-state index contributed by atoms with van der Waals surface area (Å²) in [5, 5.41) is 15.3. The number of alkyl halides is 1. The molecular weight excluding hydrogens is 441 g/mol. The van der Waals surface area contributed by atoms with Crippen LogP contribution in [0.25, 0.3) is 0 Å². The molecule has 124 valence electrons. The predicted octanol–water partition coefficient (Wildman–Crippen LogP) is 4.70. The summed E-state index contributed by atoms with van der Waals surface area (Å²) in [6, 6.07) is 12.8. The number of aryl methyl sites for hydroxylation is 1. The fourth-order valence-electron chi connectivity index (χ4n) is 2.32. The third-order valence-corrected chi connectivity index (χ3v) is 5.06. The van der Waals surface area contributed by atoms with Gasteiger partial charge in [0.25, 0.3) is 0 Å². The summed E-state index contributed by atoms with van der Waals surface area (Å²) in [7, 11) is 0. The highest BCUT2D eigenvalue weighted by Gasteiger charge is 2.22. The Balaban J connectivity index is 1.78. The highest BCUT2D eigenvalue weighted by molar-refractivity contribution is 14.1. The molecule has 0 fully saturated rings. The van der Waals surface area contributed by atoms with Crippen LogP contribution in [0.1, 0.15) is 21.3 Å². The van der Waals surface area contributed by atoms with Crippen LogP contribution in [-0.2, 0) is 0 Å². The Hall–Kier alpha value is -1.64. The zero-order valence-corrected chi connectivity index (χ0v) is 15.7. The molecule has 0 aliphatic heterocycles. The van der Waals surface area contributed by atoms with E-state index in [2.05, 4.69) is 32.7 Å². The van der Waals surface area contributed by atoms with E-state index in [4.69, 9.17) is 16.3 Å². The number of aliphatic hydroxyl groups excluding tert-OH is 1. The number of benzene rings is 2. The van der Waals surface area contributed by atoms with Gasteiger partial charge in [-0.3, -0.25) is 0 Å². The van der Waals surface area contributed by atoms with Gasteiger partial charge in [-0.25, -0.2) is 9.67 Å². The molecule has 0 spiro atoms. The first-order valence-corrected chi connectivity index (χ1v) is 8.87. The van der Waals surface area contributed by atoms with Gasteiger partial charge in [-0.2, -0.15) is 5.10 Å². The van der Waals surface area contributed by atoms with Gasteiger partial charge in [-0.1, -0.05) is 40.3 Å². The van der Waals surface area contributed by atoms with Crippen LogP contribution in [0, 0.1) is 6.92 Å². The smallest absolute Gasteiger partial charge is 0.137 e. The molecule has 1 N–H and O–H groups in total. The Morgan fingerprint density at radius 2 is 1.88 bits per heavy atom. The molecule has 7 heteroatoms. The number of halogens is 2. The van der Waals surface area contributed by atoms with Gasteiger partial charge in [0.15, 0.2) is 0 Å². The zero-order chi connectivity index (χ0) is 17.1. The van der Waals surface area contributed by atoms with E-state index in [0.717, 1.165) is 11.1 Å². The number of hydrogen-bond donors (Lipinski definition) is 1. The fraction of sp³-hybridized carbons (Fsp3) is 0.176. The van der Waals surface area contributed by atoms with Gasteiger partial charge < -0.3 is 9.84 Å². The van der Waals surface area contributed by atoms with Crippen molar-refractivity contribution in [1.29, 1.82) is 0 Å². The zero-order valence-electron chi connectivity index (χ0n) is 12.8. The maximum absolute atomic E-state index is 10.6. The first-order chi connectivity index (χ1) is 11.5. The second-order valence-corrected chi connectivity index (χ2v) is 6.98. The summed E-state index contributed by atoms with van der Waals surface area (Å²) in [5.41, 5.74) is 1.77. The van der Waals surface area contributed by atoms with Crippen LogP contribution >= 0.6 is 34.2 Å². The standard InChI is InChI=1S/C17H15ClIN3O2/c1-11-8-14(24-13-4-2-12(18)3-5-13)6-7-15(11)16(23)17(19)22-10-20-9-21-22/h2-10,16-17,23H,1H3. The van der Waals surface area contributed by atoms with Gasteiger partial charge in [-0.15, -0.1) is 0 Å². The average molecular weight is 456 g/mol. The summed E-state index contributed by atoms with van der Waals surface area (Å²) >= 11 is 8.02. The first kappa shape index (κ1) is 17.2. The molecule has 24 heavy (non-hydrogen) atoms. The lowest BCUT2D eigenvalue weighted by atomic mass is 10.0. The minimum atomic E-state index is -0.697. The van der Waals surface area contributed by atoms with Crippen LogP contribution in [0.4, 0.5) is 0 Å². The Morgan fingerprint density at radius 1 is 1.17 bits per heavy atom. The van der Waals surface area contributed by atoms with Gasteiger partial charge in [0, 0.05) is 5.02 Å². The largest absolute Gasteiger partial charge is 0.457 e. The molecule has 1 aromatic heterocycles. The molecule has 0 amide bonds. The van der Waals surface area contributed by atoms with Gasteiger partial charge in [0.1, 0.15) is 34.3 Å². The van der Waals surface area contributed by atoms with E-state index in [1.54, 1.807) is 23.1 Å². The summed E-state index contributed by atoms with van der Waals surface area (Å²) in [5.74, 6) is 1.41. The number of aliphatic hydroxyl groups is 1. The van der Waals surface area contributed by atoms with Crippen LogP contribution in [-0.4, -0.2) is 19.9 Å². The van der Waals surface area contributed by atoms with Crippen LogP contribution in [0.5, 0.6) is 11.5 Å². The lowest BCUT2D eigenvalue weighted by Crippen LogP contribution is -2.13. The normalized spacial score (nSPS) is 13.5. The van der Waals surface area contributed by atoms with Gasteiger partial charge in [0.2, 0.25) is 0 Å². The molecule has 0 aliphatic rings. The van der Waals surface area contributed by atoms with Gasteiger partial charge in [0.05, 0.1) is 0 Å². The molecule has 2 atom stereocenters. The number of aromatic nitrogens is 3. The quantitative estimate of drug-likeness (QED) is 0.447. The minimum absolute atomic E-state index is 0.244. The highest BCUT2D eigenvalue weighted by Crippen LogP contribution is 2.34. The summed E-state index contributed by atoms with van der Waals surface area (Å²) in [6.45, 7) is 1.94. The van der Waals surface area contributed by atoms with Crippen molar-refractivity contribution in [1.82, 2.24) is 14.8 Å². The van der Waals surface area contributed by atoms with Crippen LogP contribution in [0.3, 0.4) is 0 Å². The highest BCUT2D eigenvalue weighted by atomic mass is 127. The van der Waals surface area contributed by atoms with Crippen molar-refractivity contribution in [3.05, 3.63) is 71.3 Å². The van der Waals surface area contributed by atoms with E-state index in [-0.39, 0.29) is 4.05 Å². The Kier molecular flexibility index (Phi) is 5.37. The van der Waals surface area contributed by atoms with Crippen molar-refractivity contribution in [2.75, 3.05) is 0 Å². The molecule has 3 rings (SSSR count). The molecule has 0 saturated heterocycles. The Labute approximate surface area is 158 Å². The van der Waals surface area contributed by atoms with Gasteiger partial charge in [-0.05, 0) is 54.4 Å². The molecule has 0 saturated carbocycles. The molecule has 5 nitrogen and oxygen atoms in total. The summed E-state index contributed by atoms with van der Waals surface area (Å²) in [4.78, 5) is 3.92. The Morgan fingerprint density at radius 3 is 2.50 bits per heavy atom. The van der Waals surface area contributed by atoms with Crippen molar-refractivity contribution in [3.8, 4) is 11.5 Å². The second-order valence-electron chi connectivity index (χ2n) is 5.27. The first-order valence-electron chi connectivity index (χ1n) is 7.25. The number of hydrogen-bond acceptors (Lipinski definition) is 4. The molecule has 0 aliphatic carbocycles. The van der Waals surface area contributed by atoms with Crippen LogP contribution in [0.15, 0.2) is 55.1 Å². The molecule has 0 bridgehead atoms. The molecule has 3 aromatic rings. The van der Waals surface area contributed by atoms with Gasteiger partial charge >= 0.3 is 0 Å². The average Bonchev–Trinajstić information content (AvgIpc) is 3.10. The van der Waals surface area contributed by atoms with E-state index >= 15 is 0 Å². The molecule has 2 unspecified atom stereocenters. The lowest BCUT2D eigenvalue weighted by molar-refractivity contribution is 0.152. The van der Waals surface area contributed by atoms with Crippen LogP contribution in [0.2, 0.25) is 5.02 Å². The second kappa shape index (κ2) is 7.50. The topological polar surface area (TPSA) is 60.2 Å². The molecular formula is C17H15ClIN3O2. The maximum Gasteiger partial charge on any atom is 0.137 e. The van der Waals surface area contributed by atoms with Crippen molar-refractivity contribution < 1.29 is 9.84 Å².